The van der Waals surface area contributed by atoms with Crippen LogP contribution in [0.15, 0.2) is 170 Å². The van der Waals surface area contributed by atoms with E-state index in [1.165, 1.54) is 131 Å². The van der Waals surface area contributed by atoms with Gasteiger partial charge in [0, 0.05) is 16.5 Å². The zero-order chi connectivity index (χ0) is 46.0. The molecule has 1 heterocycles. The van der Waals surface area contributed by atoms with E-state index >= 15 is 0 Å². The van der Waals surface area contributed by atoms with Gasteiger partial charge in [-0.3, -0.25) is 0 Å². The molecule has 0 N–H and O–H groups in total. The van der Waals surface area contributed by atoms with Crippen LogP contribution >= 0.6 is 0 Å². The summed E-state index contributed by atoms with van der Waals surface area (Å²) in [5.74, 6) is 0. The molecule has 0 fully saturated rings. The van der Waals surface area contributed by atoms with Crippen LogP contribution < -0.4 is 0 Å². The van der Waals surface area contributed by atoms with Gasteiger partial charge < -0.3 is 4.57 Å². The molecule has 1 heteroatoms. The van der Waals surface area contributed by atoms with Gasteiger partial charge in [0.15, 0.2) is 0 Å². The normalized spacial score (nSPS) is 13.3. The highest BCUT2D eigenvalue weighted by atomic mass is 15.0. The lowest BCUT2D eigenvalue weighted by Gasteiger charge is -2.34. The number of nitrogens with zero attached hydrogens (tertiary/aromatic N) is 1. The Morgan fingerprint density at radius 3 is 1.30 bits per heavy atom. The second kappa shape index (κ2) is 16.8. The molecule has 10 rings (SSSR count). The van der Waals surface area contributed by atoms with Crippen LogP contribution in [-0.2, 0) is 22.7 Å². The highest BCUT2D eigenvalue weighted by molar-refractivity contribution is 6.11. The number of hydrogen-bond acceptors (Lipinski definition) is 0. The molecule has 1 aromatic heterocycles. The number of unbranched alkanes of at least 4 members (excludes halogenated alkanes) is 3. The zero-order valence-electron chi connectivity index (χ0n) is 40.6. The van der Waals surface area contributed by atoms with Crippen LogP contribution in [0.5, 0.6) is 0 Å². The standard InChI is InChI=1S/C65H65N/c1-10-11-12-13-14-45-17-25-52(26-18-45)65(59-39-43(2)15-35-55(59)56-36-16-44(3)40-60(56)65)53-31-33-54(34-32-53)66-61-37-23-48(46-19-27-50(28-20-46)63(4,5)6)41-57(61)58-42-49(24-38-62(58)66)47-21-29-51(30-22-47)64(7,8)9/h15-42H,10-14H2,1-9H3. The molecule has 0 bridgehead atoms. The molecule has 1 aliphatic rings. The molecule has 66 heavy (non-hydrogen) atoms. The molecule has 0 amide bonds. The molecular weight excluding hydrogens is 795 g/mol. The molecule has 0 spiro atoms. The maximum atomic E-state index is 2.48. The van der Waals surface area contributed by atoms with E-state index in [1.54, 1.807) is 0 Å². The van der Waals surface area contributed by atoms with Gasteiger partial charge >= 0.3 is 0 Å². The van der Waals surface area contributed by atoms with Crippen molar-refractivity contribution in [2.24, 2.45) is 0 Å². The maximum Gasteiger partial charge on any atom is 0.0713 e. The Morgan fingerprint density at radius 1 is 0.424 bits per heavy atom. The molecule has 0 atom stereocenters. The summed E-state index contributed by atoms with van der Waals surface area (Å²) in [6.45, 7) is 20.5. The molecule has 8 aromatic carbocycles. The monoisotopic (exact) mass is 860 g/mol. The molecule has 0 aliphatic heterocycles. The fraction of sp³-hybridized carbons (Fsp3) is 0.262. The Kier molecular flexibility index (Phi) is 11.0. The van der Waals surface area contributed by atoms with Crippen LogP contribution in [0.25, 0.3) is 60.9 Å². The molecule has 1 aliphatic carbocycles. The minimum Gasteiger partial charge on any atom is -0.309 e. The predicted molar refractivity (Wildman–Crippen MR) is 284 cm³/mol. The van der Waals surface area contributed by atoms with Crippen molar-refractivity contribution in [1.29, 1.82) is 0 Å². The molecule has 0 radical (unpaired) electrons. The molecular formula is C65H65N. The van der Waals surface area contributed by atoms with Gasteiger partial charge in [0.05, 0.1) is 16.4 Å². The van der Waals surface area contributed by atoms with Crippen LogP contribution in [0.1, 0.15) is 124 Å². The first-order chi connectivity index (χ1) is 31.7. The summed E-state index contributed by atoms with van der Waals surface area (Å²) in [5.41, 5.74) is 23.0. The minimum atomic E-state index is -0.461. The molecule has 0 unspecified atom stereocenters. The Balaban J connectivity index is 1.14. The molecule has 0 saturated heterocycles. The highest BCUT2D eigenvalue weighted by Crippen LogP contribution is 2.57. The minimum absolute atomic E-state index is 0.104. The summed E-state index contributed by atoms with van der Waals surface area (Å²) >= 11 is 0. The van der Waals surface area contributed by atoms with Crippen molar-refractivity contribution in [3.63, 3.8) is 0 Å². The summed E-state index contributed by atoms with van der Waals surface area (Å²) < 4.78 is 2.48. The Hall–Kier alpha value is -6.44. The van der Waals surface area contributed by atoms with E-state index in [2.05, 4.69) is 237 Å². The molecule has 330 valence electrons. The number of fused-ring (bicyclic) bond motifs is 6. The fourth-order valence-electron chi connectivity index (χ4n) is 10.9. The lowest BCUT2D eigenvalue weighted by molar-refractivity contribution is 0.590. The summed E-state index contributed by atoms with van der Waals surface area (Å²) in [6, 6.07) is 65.9. The Labute approximate surface area is 394 Å². The van der Waals surface area contributed by atoms with Gasteiger partial charge in [-0.15, -0.1) is 0 Å². The van der Waals surface area contributed by atoms with Gasteiger partial charge in [-0.25, -0.2) is 0 Å². The van der Waals surface area contributed by atoms with Crippen LogP contribution in [-0.4, -0.2) is 4.57 Å². The van der Waals surface area contributed by atoms with Gasteiger partial charge in [0.25, 0.3) is 0 Å². The summed E-state index contributed by atoms with van der Waals surface area (Å²) in [5, 5.41) is 2.52. The van der Waals surface area contributed by atoms with Gasteiger partial charge in [-0.1, -0.05) is 212 Å². The molecule has 0 saturated carbocycles. The van der Waals surface area contributed by atoms with Crippen LogP contribution in [0.3, 0.4) is 0 Å². The second-order valence-corrected chi connectivity index (χ2v) is 21.4. The average Bonchev–Trinajstić information content (AvgIpc) is 3.79. The van der Waals surface area contributed by atoms with Gasteiger partial charge in [0.2, 0.25) is 0 Å². The van der Waals surface area contributed by atoms with E-state index in [9.17, 15) is 0 Å². The van der Waals surface area contributed by atoms with Crippen LogP contribution in [0, 0.1) is 13.8 Å². The molecule has 9 aromatic rings. The van der Waals surface area contributed by atoms with Crippen molar-refractivity contribution >= 4 is 21.8 Å². The van der Waals surface area contributed by atoms with Crippen molar-refractivity contribution in [2.75, 3.05) is 0 Å². The largest absolute Gasteiger partial charge is 0.309 e. The lowest BCUT2D eigenvalue weighted by Crippen LogP contribution is -2.29. The van der Waals surface area contributed by atoms with E-state index in [1.807, 2.05) is 0 Å². The first-order valence-electron chi connectivity index (χ1n) is 24.5. The second-order valence-electron chi connectivity index (χ2n) is 21.4. The predicted octanol–water partition coefficient (Wildman–Crippen LogP) is 17.8. The number of rotatable bonds is 10. The van der Waals surface area contributed by atoms with Gasteiger partial charge in [0.1, 0.15) is 0 Å². The van der Waals surface area contributed by atoms with E-state index in [0.717, 1.165) is 12.1 Å². The summed E-state index contributed by atoms with van der Waals surface area (Å²) in [7, 11) is 0. The first kappa shape index (κ1) is 43.5. The Morgan fingerprint density at radius 2 is 0.864 bits per heavy atom. The van der Waals surface area contributed by atoms with Crippen LogP contribution in [0.2, 0.25) is 0 Å². The lowest BCUT2D eigenvalue weighted by atomic mass is 9.67. The third kappa shape index (κ3) is 7.61. The van der Waals surface area contributed by atoms with Crippen molar-refractivity contribution in [3.05, 3.63) is 220 Å². The average molecular weight is 860 g/mol. The van der Waals surface area contributed by atoms with E-state index in [4.69, 9.17) is 0 Å². The maximum absolute atomic E-state index is 2.48. The summed E-state index contributed by atoms with van der Waals surface area (Å²) in [4.78, 5) is 0. The SMILES string of the molecule is CCCCCCc1ccc(C2(c3ccc(-n4c5ccc(-c6ccc(C(C)(C)C)cc6)cc5c5cc(-c6ccc(C(C)(C)C)cc6)ccc54)cc3)c3cc(C)ccc3-c3ccc(C)cc32)cc1. The van der Waals surface area contributed by atoms with Gasteiger partial charge in [-0.05, 0) is 146 Å². The van der Waals surface area contributed by atoms with Crippen LogP contribution in [0.4, 0.5) is 0 Å². The van der Waals surface area contributed by atoms with Crippen molar-refractivity contribution in [3.8, 4) is 39.1 Å². The topological polar surface area (TPSA) is 4.93 Å². The number of aromatic nitrogens is 1. The fourth-order valence-corrected chi connectivity index (χ4v) is 10.9. The zero-order valence-corrected chi connectivity index (χ0v) is 40.6. The number of aryl methyl sites for hydroxylation is 3. The number of benzene rings is 8. The van der Waals surface area contributed by atoms with Crippen molar-refractivity contribution in [1.82, 2.24) is 4.57 Å². The Bertz CT molecular complexity index is 3050. The summed E-state index contributed by atoms with van der Waals surface area (Å²) in [6.07, 6.45) is 6.22. The third-order valence-electron chi connectivity index (χ3n) is 14.6. The smallest absolute Gasteiger partial charge is 0.0713 e. The van der Waals surface area contributed by atoms with E-state index < -0.39 is 5.41 Å². The highest BCUT2D eigenvalue weighted by Gasteiger charge is 2.46. The van der Waals surface area contributed by atoms with Gasteiger partial charge in [-0.2, -0.15) is 0 Å². The number of hydrogen-bond donors (Lipinski definition) is 0. The van der Waals surface area contributed by atoms with E-state index in [0.29, 0.717) is 0 Å². The quantitative estimate of drug-likeness (QED) is 0.121. The third-order valence-corrected chi connectivity index (χ3v) is 14.6. The van der Waals surface area contributed by atoms with Crippen molar-refractivity contribution < 1.29 is 0 Å². The molecule has 1 nitrogen and oxygen atoms in total. The first-order valence-corrected chi connectivity index (χ1v) is 24.5. The van der Waals surface area contributed by atoms with Crippen molar-refractivity contribution in [2.45, 2.75) is 111 Å². The van der Waals surface area contributed by atoms with E-state index in [-0.39, 0.29) is 10.8 Å².